The Morgan fingerprint density at radius 2 is 2.45 bits per heavy atom. The van der Waals surface area contributed by atoms with E-state index in [1.54, 1.807) is 0 Å². The van der Waals surface area contributed by atoms with Crippen molar-refractivity contribution in [2.24, 2.45) is 0 Å². The lowest BCUT2D eigenvalue weighted by atomic mass is 10.2. The van der Waals surface area contributed by atoms with Crippen molar-refractivity contribution in [2.75, 3.05) is 19.6 Å². The first-order valence-electron chi connectivity index (χ1n) is 4.34. The molecule has 0 spiro atoms. The summed E-state index contributed by atoms with van der Waals surface area (Å²) in [4.78, 5) is 2.45. The van der Waals surface area contributed by atoms with Crippen molar-refractivity contribution in [1.29, 1.82) is 0 Å². The lowest BCUT2D eigenvalue weighted by Crippen LogP contribution is -2.51. The van der Waals surface area contributed by atoms with Gasteiger partial charge in [0.25, 0.3) is 0 Å². The average molecular weight is 154 g/mol. The van der Waals surface area contributed by atoms with E-state index in [0.29, 0.717) is 12.1 Å². The third kappa shape index (κ3) is 2.31. The van der Waals surface area contributed by atoms with Crippen LogP contribution in [0.15, 0.2) is 12.7 Å². The molecule has 1 aliphatic heterocycles. The van der Waals surface area contributed by atoms with Crippen LogP contribution in [0.4, 0.5) is 0 Å². The molecule has 0 aromatic carbocycles. The van der Waals surface area contributed by atoms with Gasteiger partial charge in [-0.2, -0.15) is 0 Å². The minimum absolute atomic E-state index is 0.527. The van der Waals surface area contributed by atoms with E-state index in [9.17, 15) is 0 Å². The van der Waals surface area contributed by atoms with Crippen molar-refractivity contribution in [3.63, 3.8) is 0 Å². The van der Waals surface area contributed by atoms with E-state index in [4.69, 9.17) is 0 Å². The normalized spacial score (nSPS) is 29.8. The third-order valence-corrected chi connectivity index (χ3v) is 2.32. The Hall–Kier alpha value is -0.340. The standard InChI is InChI=1S/C9H18N2/c1-4-9(3)11-6-5-10-8(2)7-11/h4,8-10H,1,5-7H2,2-3H3. The quantitative estimate of drug-likeness (QED) is 0.593. The molecule has 64 valence electrons. The Balaban J connectivity index is 2.38. The molecule has 0 aliphatic carbocycles. The highest BCUT2D eigenvalue weighted by Crippen LogP contribution is 2.04. The second kappa shape index (κ2) is 3.88. The van der Waals surface area contributed by atoms with E-state index in [1.807, 2.05) is 6.08 Å². The molecule has 1 fully saturated rings. The second-order valence-corrected chi connectivity index (χ2v) is 3.33. The van der Waals surface area contributed by atoms with Crippen molar-refractivity contribution < 1.29 is 0 Å². The Morgan fingerprint density at radius 1 is 1.73 bits per heavy atom. The fourth-order valence-corrected chi connectivity index (χ4v) is 1.48. The molecule has 1 rings (SSSR count). The molecule has 2 heteroatoms. The molecule has 0 saturated carbocycles. The highest BCUT2D eigenvalue weighted by molar-refractivity contribution is 4.88. The zero-order chi connectivity index (χ0) is 8.27. The summed E-state index contributed by atoms with van der Waals surface area (Å²) in [7, 11) is 0. The van der Waals surface area contributed by atoms with Crippen LogP contribution in [0.5, 0.6) is 0 Å². The van der Waals surface area contributed by atoms with Gasteiger partial charge in [0.15, 0.2) is 0 Å². The molecule has 0 aromatic heterocycles. The molecule has 1 heterocycles. The highest BCUT2D eigenvalue weighted by atomic mass is 15.2. The topological polar surface area (TPSA) is 15.3 Å². The van der Waals surface area contributed by atoms with Crippen LogP contribution >= 0.6 is 0 Å². The van der Waals surface area contributed by atoms with Gasteiger partial charge in [0.05, 0.1) is 0 Å². The summed E-state index contributed by atoms with van der Waals surface area (Å²) in [5, 5.41) is 3.41. The summed E-state index contributed by atoms with van der Waals surface area (Å²) in [6, 6.07) is 1.16. The Kier molecular flexibility index (Phi) is 3.09. The van der Waals surface area contributed by atoms with Crippen molar-refractivity contribution in [1.82, 2.24) is 10.2 Å². The number of piperazine rings is 1. The van der Waals surface area contributed by atoms with Crippen LogP contribution in [0.3, 0.4) is 0 Å². The minimum Gasteiger partial charge on any atom is -0.312 e. The summed E-state index contributed by atoms with van der Waals surface area (Å²) < 4.78 is 0. The van der Waals surface area contributed by atoms with Gasteiger partial charge in [-0.15, -0.1) is 6.58 Å². The van der Waals surface area contributed by atoms with Crippen LogP contribution in [0.25, 0.3) is 0 Å². The molecule has 0 aromatic rings. The minimum atomic E-state index is 0.527. The first-order valence-corrected chi connectivity index (χ1v) is 4.34. The maximum atomic E-state index is 3.80. The summed E-state index contributed by atoms with van der Waals surface area (Å²) in [6.07, 6.45) is 2.01. The number of hydrogen-bond donors (Lipinski definition) is 1. The highest BCUT2D eigenvalue weighted by Gasteiger charge is 2.17. The van der Waals surface area contributed by atoms with Crippen LogP contribution in [0.1, 0.15) is 13.8 Å². The van der Waals surface area contributed by atoms with Crippen molar-refractivity contribution in [2.45, 2.75) is 25.9 Å². The lowest BCUT2D eigenvalue weighted by Gasteiger charge is -2.34. The van der Waals surface area contributed by atoms with Gasteiger partial charge in [-0.25, -0.2) is 0 Å². The molecule has 1 aliphatic rings. The van der Waals surface area contributed by atoms with E-state index in [2.05, 4.69) is 30.6 Å². The predicted molar refractivity (Wildman–Crippen MR) is 48.7 cm³/mol. The molecule has 2 unspecified atom stereocenters. The zero-order valence-corrected chi connectivity index (χ0v) is 7.51. The molecule has 0 radical (unpaired) electrons. The van der Waals surface area contributed by atoms with Crippen LogP contribution in [-0.2, 0) is 0 Å². The first kappa shape index (κ1) is 8.75. The van der Waals surface area contributed by atoms with Crippen molar-refractivity contribution in [3.05, 3.63) is 12.7 Å². The Labute approximate surface area is 69.3 Å². The van der Waals surface area contributed by atoms with Crippen molar-refractivity contribution >= 4 is 0 Å². The summed E-state index contributed by atoms with van der Waals surface area (Å²) in [5.41, 5.74) is 0. The Bertz CT molecular complexity index is 134. The van der Waals surface area contributed by atoms with Gasteiger partial charge in [-0.05, 0) is 13.8 Å². The van der Waals surface area contributed by atoms with Crippen LogP contribution < -0.4 is 5.32 Å². The van der Waals surface area contributed by atoms with Gasteiger partial charge >= 0.3 is 0 Å². The molecule has 2 nitrogen and oxygen atoms in total. The summed E-state index contributed by atoms with van der Waals surface area (Å²) in [5.74, 6) is 0. The van der Waals surface area contributed by atoms with Crippen molar-refractivity contribution in [3.8, 4) is 0 Å². The smallest absolute Gasteiger partial charge is 0.0248 e. The molecule has 0 amide bonds. The average Bonchev–Trinajstić information content (AvgIpc) is 2.03. The third-order valence-electron chi connectivity index (χ3n) is 2.32. The maximum absolute atomic E-state index is 3.80. The summed E-state index contributed by atoms with van der Waals surface area (Å²) >= 11 is 0. The van der Waals surface area contributed by atoms with E-state index >= 15 is 0 Å². The summed E-state index contributed by atoms with van der Waals surface area (Å²) in [6.45, 7) is 11.6. The molecule has 0 bridgehead atoms. The van der Waals surface area contributed by atoms with Crippen LogP contribution in [0, 0.1) is 0 Å². The number of rotatable bonds is 2. The predicted octanol–water partition coefficient (Wildman–Crippen LogP) is 0.855. The van der Waals surface area contributed by atoms with Gasteiger partial charge in [-0.1, -0.05) is 6.08 Å². The van der Waals surface area contributed by atoms with Gasteiger partial charge in [0.2, 0.25) is 0 Å². The SMILES string of the molecule is C=CC(C)N1CCNC(C)C1. The fraction of sp³-hybridized carbons (Fsp3) is 0.778. The lowest BCUT2D eigenvalue weighted by molar-refractivity contribution is 0.182. The molecule has 2 atom stereocenters. The molecular weight excluding hydrogens is 136 g/mol. The van der Waals surface area contributed by atoms with E-state index in [1.165, 1.54) is 0 Å². The van der Waals surface area contributed by atoms with Gasteiger partial charge < -0.3 is 5.32 Å². The second-order valence-electron chi connectivity index (χ2n) is 3.33. The monoisotopic (exact) mass is 154 g/mol. The first-order chi connectivity index (χ1) is 5.24. The van der Waals surface area contributed by atoms with Crippen LogP contribution in [-0.4, -0.2) is 36.6 Å². The number of nitrogens with one attached hydrogen (secondary N) is 1. The van der Waals surface area contributed by atoms with Gasteiger partial charge in [-0.3, -0.25) is 4.90 Å². The van der Waals surface area contributed by atoms with E-state index in [0.717, 1.165) is 19.6 Å². The zero-order valence-electron chi connectivity index (χ0n) is 7.51. The number of nitrogens with zero attached hydrogens (tertiary/aromatic N) is 1. The largest absolute Gasteiger partial charge is 0.312 e. The van der Waals surface area contributed by atoms with Gasteiger partial charge in [0, 0.05) is 31.7 Å². The molecule has 11 heavy (non-hydrogen) atoms. The van der Waals surface area contributed by atoms with E-state index in [-0.39, 0.29) is 0 Å². The molecular formula is C9H18N2. The molecule has 1 N–H and O–H groups in total. The fourth-order valence-electron chi connectivity index (χ4n) is 1.48. The maximum Gasteiger partial charge on any atom is 0.0248 e. The van der Waals surface area contributed by atoms with Gasteiger partial charge in [0.1, 0.15) is 0 Å². The van der Waals surface area contributed by atoms with Crippen LogP contribution in [0.2, 0.25) is 0 Å². The Morgan fingerprint density at radius 3 is 3.00 bits per heavy atom. The van der Waals surface area contributed by atoms with E-state index < -0.39 is 0 Å². The molecule has 1 saturated heterocycles. The number of hydrogen-bond acceptors (Lipinski definition) is 2.